The van der Waals surface area contributed by atoms with Crippen LogP contribution < -0.4 is 9.62 Å². The Hall–Kier alpha value is -3.94. The van der Waals surface area contributed by atoms with Crippen molar-refractivity contribution in [1.82, 2.24) is 19.3 Å². The second kappa shape index (κ2) is 9.03. The normalized spacial score (nSPS) is 24.9. The molecule has 3 aromatic heterocycles. The fraction of sp³-hybridized carbons (Fsp3) is 0.345. The molecule has 1 spiro atoms. The van der Waals surface area contributed by atoms with Crippen LogP contribution in [0.4, 0.5) is 20.3 Å². The first-order chi connectivity index (χ1) is 20.2. The van der Waals surface area contributed by atoms with Crippen molar-refractivity contribution < 1.29 is 26.5 Å². The largest absolute Gasteiger partial charge is 0.345 e. The Labute approximate surface area is 240 Å². The van der Waals surface area contributed by atoms with Crippen molar-refractivity contribution in [1.29, 1.82) is 0 Å². The van der Waals surface area contributed by atoms with Crippen molar-refractivity contribution in [2.45, 2.75) is 24.9 Å². The summed E-state index contributed by atoms with van der Waals surface area (Å²) in [4.78, 5) is 27.9. The van der Waals surface area contributed by atoms with E-state index in [2.05, 4.69) is 19.6 Å². The number of aromatic amines is 1. The number of aromatic nitrogens is 3. The lowest BCUT2D eigenvalue weighted by atomic mass is 10.00. The molecule has 4 aliphatic heterocycles. The molecule has 4 saturated heterocycles. The Kier molecular flexibility index (Phi) is 5.53. The highest BCUT2D eigenvalue weighted by Crippen LogP contribution is 2.51. The lowest BCUT2D eigenvalue weighted by Crippen LogP contribution is -2.39. The van der Waals surface area contributed by atoms with Gasteiger partial charge in [0.2, 0.25) is 5.78 Å². The van der Waals surface area contributed by atoms with Crippen LogP contribution in [0.3, 0.4) is 0 Å². The van der Waals surface area contributed by atoms with Gasteiger partial charge in [-0.25, -0.2) is 18.7 Å². The fourth-order valence-electron chi connectivity index (χ4n) is 6.77. The highest BCUT2D eigenvalue weighted by molar-refractivity contribution is 7.90. The Morgan fingerprint density at radius 1 is 1.00 bits per heavy atom. The van der Waals surface area contributed by atoms with Crippen LogP contribution in [0.1, 0.15) is 28.8 Å². The lowest BCUT2D eigenvalue weighted by Gasteiger charge is -2.24. The van der Waals surface area contributed by atoms with Crippen molar-refractivity contribution in [2.75, 3.05) is 48.9 Å². The van der Waals surface area contributed by atoms with Crippen LogP contribution in [0.5, 0.6) is 0 Å². The van der Waals surface area contributed by atoms with Gasteiger partial charge in [0.1, 0.15) is 30.4 Å². The number of halogens is 2. The van der Waals surface area contributed by atoms with E-state index in [0.29, 0.717) is 42.5 Å². The average Bonchev–Trinajstić information content (AvgIpc) is 3.67. The Morgan fingerprint density at radius 2 is 1.74 bits per heavy atom. The molecule has 1 aromatic carbocycles. The minimum atomic E-state index is -4.04. The number of quaternary nitrogens is 1. The first-order valence-corrected chi connectivity index (χ1v) is 15.5. The summed E-state index contributed by atoms with van der Waals surface area (Å²) in [6.07, 6.45) is 6.19. The Morgan fingerprint density at radius 3 is 2.45 bits per heavy atom. The number of hydrogen-bond donors (Lipinski definition) is 2. The molecule has 2 N–H and O–H groups in total. The molecule has 8 rings (SSSR count). The van der Waals surface area contributed by atoms with E-state index in [0.717, 1.165) is 48.7 Å². The summed E-state index contributed by atoms with van der Waals surface area (Å²) in [5.74, 6) is -2.35. The molecule has 0 saturated carbocycles. The smallest absolute Gasteiger partial charge is 0.301 e. The zero-order valence-electron chi connectivity index (χ0n) is 22.6. The molecule has 4 fully saturated rings. The van der Waals surface area contributed by atoms with E-state index >= 15 is 4.39 Å². The summed E-state index contributed by atoms with van der Waals surface area (Å²) >= 11 is 0. The van der Waals surface area contributed by atoms with E-state index < -0.39 is 38.9 Å². The fourth-order valence-corrected chi connectivity index (χ4v) is 8.08. The van der Waals surface area contributed by atoms with Crippen LogP contribution in [-0.4, -0.2) is 89.3 Å². The van der Waals surface area contributed by atoms with Crippen LogP contribution in [0.15, 0.2) is 48.9 Å². The van der Waals surface area contributed by atoms with Crippen LogP contribution in [0.25, 0.3) is 22.2 Å². The monoisotopic (exact) mass is 592 g/mol. The maximum atomic E-state index is 15.5. The number of H-pyrrole nitrogens is 1. The number of rotatable bonds is 7. The molecule has 4 aromatic rings. The number of piperazine rings is 1. The standard InChI is InChI=1S/C29H27F2N7O3S/c30-23-4-5-24(35-42(40,41)37-7-1-2-8-37)27(31)26(23)28(39)22-12-34-29-21(22)9-18(11-33-29)17-3-6-25(32-10-17)36-13-19-15-38(19)16-20(38)14-36/h3-6,9-12,19-20,35H,1-2,7-8,13-16H2/p+1/t19-,20+,38?. The maximum absolute atomic E-state index is 15.5. The zero-order chi connectivity index (χ0) is 28.8. The SMILES string of the molecule is O=C(c1c(F)ccc(NS(=O)(=O)N2CCCC2)c1F)c1c[nH]c2ncc(-c3ccc(N4C[C@@H]5C[N+]56C[C@@H]6C4)nc3)cc12. The molecule has 0 radical (unpaired) electrons. The van der Waals surface area contributed by atoms with E-state index in [-0.39, 0.29) is 5.56 Å². The molecule has 216 valence electrons. The van der Waals surface area contributed by atoms with Gasteiger partial charge in [-0.15, -0.1) is 0 Å². The lowest BCUT2D eigenvalue weighted by molar-refractivity contribution is -0.684. The number of anilines is 2. The van der Waals surface area contributed by atoms with Gasteiger partial charge in [-0.3, -0.25) is 14.0 Å². The van der Waals surface area contributed by atoms with Crippen LogP contribution in [-0.2, 0) is 10.2 Å². The van der Waals surface area contributed by atoms with Crippen molar-refractivity contribution in [3.63, 3.8) is 0 Å². The number of carbonyl (C=O) groups excluding carboxylic acids is 1. The van der Waals surface area contributed by atoms with E-state index in [9.17, 15) is 17.6 Å². The van der Waals surface area contributed by atoms with Gasteiger partial charge < -0.3 is 9.88 Å². The highest BCUT2D eigenvalue weighted by atomic mass is 32.2. The summed E-state index contributed by atoms with van der Waals surface area (Å²) in [5, 5.41) is 0.385. The summed E-state index contributed by atoms with van der Waals surface area (Å²) in [7, 11) is -4.04. The molecular weight excluding hydrogens is 564 g/mol. The third-order valence-corrected chi connectivity index (χ3v) is 10.8. The van der Waals surface area contributed by atoms with E-state index in [1.54, 1.807) is 18.5 Å². The zero-order valence-corrected chi connectivity index (χ0v) is 23.4. The molecule has 0 amide bonds. The second-order valence-corrected chi connectivity index (χ2v) is 13.4. The van der Waals surface area contributed by atoms with Crippen molar-refractivity contribution in [3.05, 3.63) is 71.7 Å². The number of ketones is 1. The van der Waals surface area contributed by atoms with Crippen LogP contribution >= 0.6 is 0 Å². The number of benzene rings is 1. The summed E-state index contributed by atoms with van der Waals surface area (Å²) in [6, 6.07) is 9.04. The summed E-state index contributed by atoms with van der Waals surface area (Å²) in [6.45, 7) is 5.25. The first kappa shape index (κ1) is 25.7. The van der Waals surface area contributed by atoms with Gasteiger partial charge in [0, 0.05) is 53.8 Å². The van der Waals surface area contributed by atoms with Gasteiger partial charge in [-0.2, -0.15) is 12.7 Å². The first-order valence-electron chi connectivity index (χ1n) is 14.1. The molecule has 1 unspecified atom stereocenters. The maximum Gasteiger partial charge on any atom is 0.301 e. The molecule has 3 atom stereocenters. The third kappa shape index (κ3) is 4.02. The number of hydrogen-bond acceptors (Lipinski definition) is 6. The van der Waals surface area contributed by atoms with Gasteiger partial charge in [0.25, 0.3) is 0 Å². The van der Waals surface area contributed by atoms with Gasteiger partial charge in [-0.1, -0.05) is 0 Å². The molecule has 42 heavy (non-hydrogen) atoms. The van der Waals surface area contributed by atoms with Gasteiger partial charge in [-0.05, 0) is 43.2 Å². The minimum absolute atomic E-state index is 0.0186. The van der Waals surface area contributed by atoms with E-state index in [1.165, 1.54) is 28.1 Å². The Bertz CT molecular complexity index is 1850. The van der Waals surface area contributed by atoms with Gasteiger partial charge in [0.05, 0.1) is 24.3 Å². The van der Waals surface area contributed by atoms with Gasteiger partial charge in [0.15, 0.2) is 17.9 Å². The number of carbonyl (C=O) groups is 1. The van der Waals surface area contributed by atoms with E-state index in [4.69, 9.17) is 4.98 Å². The average molecular weight is 593 g/mol. The van der Waals surface area contributed by atoms with Gasteiger partial charge >= 0.3 is 10.2 Å². The Balaban J connectivity index is 1.08. The number of fused-ring (bicyclic) bond motifs is 1. The summed E-state index contributed by atoms with van der Waals surface area (Å²) in [5.41, 5.74) is 0.556. The topological polar surface area (TPSA) is 111 Å². The predicted molar refractivity (Wildman–Crippen MR) is 152 cm³/mol. The third-order valence-electron chi connectivity index (χ3n) is 9.29. The predicted octanol–water partition coefficient (Wildman–Crippen LogP) is 3.29. The van der Waals surface area contributed by atoms with Crippen molar-refractivity contribution in [2.24, 2.45) is 0 Å². The van der Waals surface area contributed by atoms with Crippen molar-refractivity contribution in [3.8, 4) is 11.1 Å². The number of nitrogens with one attached hydrogen (secondary N) is 2. The number of nitrogens with zero attached hydrogens (tertiary/aromatic N) is 5. The molecule has 7 heterocycles. The quantitative estimate of drug-likeness (QED) is 0.194. The van der Waals surface area contributed by atoms with E-state index in [1.807, 2.05) is 12.1 Å². The second-order valence-electron chi connectivity index (χ2n) is 11.7. The molecule has 0 bridgehead atoms. The number of pyridine rings is 2. The molecular formula is C29H28F2N7O3S+. The van der Waals surface area contributed by atoms with Crippen LogP contribution in [0.2, 0.25) is 0 Å². The van der Waals surface area contributed by atoms with Crippen molar-refractivity contribution >= 4 is 38.5 Å². The highest BCUT2D eigenvalue weighted by Gasteiger charge is 2.75. The molecule has 10 nitrogen and oxygen atoms in total. The minimum Gasteiger partial charge on any atom is -0.345 e. The molecule has 13 heteroatoms. The molecule has 0 aliphatic carbocycles. The summed E-state index contributed by atoms with van der Waals surface area (Å²) < 4.78 is 60.5. The molecule has 4 aliphatic rings. The van der Waals surface area contributed by atoms with Crippen LogP contribution in [0, 0.1) is 11.6 Å².